The molecule has 0 saturated heterocycles. The van der Waals surface area contributed by atoms with Gasteiger partial charge in [0.05, 0.1) is 7.11 Å². The van der Waals surface area contributed by atoms with Crippen LogP contribution in [0.5, 0.6) is 0 Å². The van der Waals surface area contributed by atoms with Crippen LogP contribution in [0.1, 0.15) is 0 Å². The number of carbonyl (C=O) groups excluding carboxylic acids is 1. The smallest absolute Gasteiger partial charge is 0.325 e. The number of esters is 1. The highest BCUT2D eigenvalue weighted by atomic mass is 16.5. The molecular formula is C13H13N3O3. The molecule has 0 fully saturated rings. The Morgan fingerprint density at radius 3 is 2.74 bits per heavy atom. The van der Waals surface area contributed by atoms with Gasteiger partial charge < -0.3 is 15.0 Å². The Balaban J connectivity index is 2.31. The van der Waals surface area contributed by atoms with Crippen molar-refractivity contribution in [2.24, 2.45) is 0 Å². The van der Waals surface area contributed by atoms with Crippen LogP contribution in [-0.2, 0) is 16.1 Å². The first-order valence-electron chi connectivity index (χ1n) is 5.59. The summed E-state index contributed by atoms with van der Waals surface area (Å²) in [5.41, 5.74) is 6.73. The van der Waals surface area contributed by atoms with Crippen LogP contribution < -0.4 is 11.3 Å². The summed E-state index contributed by atoms with van der Waals surface area (Å²) in [6.07, 6.45) is 3.14. The first-order chi connectivity index (χ1) is 9.10. The molecule has 0 aromatic carbocycles. The van der Waals surface area contributed by atoms with Gasteiger partial charge in [-0.05, 0) is 23.8 Å². The summed E-state index contributed by atoms with van der Waals surface area (Å²) in [6.45, 7) is -0.102. The third-order valence-electron chi connectivity index (χ3n) is 2.64. The number of anilines is 1. The summed E-state index contributed by atoms with van der Waals surface area (Å²) in [4.78, 5) is 26.9. The number of ether oxygens (including phenoxy) is 1. The average molecular weight is 259 g/mol. The number of hydrogen-bond donors (Lipinski definition) is 1. The standard InChI is InChI=1S/C13H13N3O3/c1-19-13(18)8-16-5-4-9(6-12(16)17)10-2-3-11(14)15-7-10/h2-7H,8H2,1H3,(H2,14,15). The maximum atomic E-state index is 11.8. The Hall–Kier alpha value is -2.63. The zero-order valence-electron chi connectivity index (χ0n) is 10.4. The van der Waals surface area contributed by atoms with Crippen LogP contribution in [0.25, 0.3) is 11.1 Å². The van der Waals surface area contributed by atoms with Crippen molar-refractivity contribution in [2.45, 2.75) is 6.54 Å². The van der Waals surface area contributed by atoms with Crippen LogP contribution in [0.2, 0.25) is 0 Å². The molecule has 0 aliphatic heterocycles. The lowest BCUT2D eigenvalue weighted by atomic mass is 10.1. The quantitative estimate of drug-likeness (QED) is 0.818. The average Bonchev–Trinajstić information content (AvgIpc) is 2.41. The van der Waals surface area contributed by atoms with Gasteiger partial charge in [0.15, 0.2) is 0 Å². The summed E-state index contributed by atoms with van der Waals surface area (Å²) in [6, 6.07) is 6.62. The molecule has 0 radical (unpaired) electrons. The Morgan fingerprint density at radius 2 is 2.16 bits per heavy atom. The fraction of sp³-hybridized carbons (Fsp3) is 0.154. The second kappa shape index (κ2) is 5.34. The SMILES string of the molecule is COC(=O)Cn1ccc(-c2ccc(N)nc2)cc1=O. The van der Waals surface area contributed by atoms with E-state index in [1.54, 1.807) is 30.6 Å². The van der Waals surface area contributed by atoms with Crippen LogP contribution in [0.4, 0.5) is 5.82 Å². The van der Waals surface area contributed by atoms with Gasteiger partial charge in [-0.2, -0.15) is 0 Å². The van der Waals surface area contributed by atoms with Gasteiger partial charge in [-0.25, -0.2) is 4.98 Å². The van der Waals surface area contributed by atoms with E-state index in [4.69, 9.17) is 5.73 Å². The molecule has 2 aromatic rings. The van der Waals surface area contributed by atoms with E-state index in [1.165, 1.54) is 17.7 Å². The summed E-state index contributed by atoms with van der Waals surface area (Å²) in [7, 11) is 1.28. The number of aromatic nitrogens is 2. The predicted octanol–water partition coefficient (Wildman–Crippen LogP) is 0.666. The largest absolute Gasteiger partial charge is 0.468 e. The lowest BCUT2D eigenvalue weighted by Crippen LogP contribution is -2.23. The molecule has 6 heteroatoms. The summed E-state index contributed by atoms with van der Waals surface area (Å²) in [5.74, 6) is -0.0493. The van der Waals surface area contributed by atoms with E-state index in [-0.39, 0.29) is 12.1 Å². The van der Waals surface area contributed by atoms with Crippen LogP contribution in [0.3, 0.4) is 0 Å². The Kier molecular flexibility index (Phi) is 3.61. The maximum absolute atomic E-state index is 11.8. The number of hydrogen-bond acceptors (Lipinski definition) is 5. The molecule has 0 aliphatic carbocycles. The van der Waals surface area contributed by atoms with Crippen molar-refractivity contribution in [2.75, 3.05) is 12.8 Å². The fourth-order valence-electron chi connectivity index (χ4n) is 1.60. The zero-order valence-corrected chi connectivity index (χ0v) is 10.4. The summed E-state index contributed by atoms with van der Waals surface area (Å²) < 4.78 is 5.79. The number of rotatable bonds is 3. The van der Waals surface area contributed by atoms with E-state index in [2.05, 4.69) is 9.72 Å². The molecule has 0 aliphatic rings. The molecule has 0 amide bonds. The van der Waals surface area contributed by atoms with Gasteiger partial charge in [-0.1, -0.05) is 0 Å². The summed E-state index contributed by atoms with van der Waals surface area (Å²) >= 11 is 0. The highest BCUT2D eigenvalue weighted by Gasteiger charge is 2.05. The van der Waals surface area contributed by atoms with Gasteiger partial charge in [0, 0.05) is 24.0 Å². The van der Waals surface area contributed by atoms with Crippen LogP contribution >= 0.6 is 0 Å². The third kappa shape index (κ3) is 2.98. The van der Waals surface area contributed by atoms with Gasteiger partial charge in [-0.15, -0.1) is 0 Å². The van der Waals surface area contributed by atoms with E-state index in [1.807, 2.05) is 0 Å². The lowest BCUT2D eigenvalue weighted by Gasteiger charge is -2.06. The van der Waals surface area contributed by atoms with Crippen molar-refractivity contribution < 1.29 is 9.53 Å². The van der Waals surface area contributed by atoms with Gasteiger partial charge >= 0.3 is 5.97 Å². The number of methoxy groups -OCH3 is 1. The van der Waals surface area contributed by atoms with Gasteiger partial charge in [0.2, 0.25) is 0 Å². The van der Waals surface area contributed by atoms with Crippen LogP contribution in [0, 0.1) is 0 Å². The second-order valence-electron chi connectivity index (χ2n) is 3.93. The Bertz CT molecular complexity index is 647. The normalized spacial score (nSPS) is 10.2. The van der Waals surface area contributed by atoms with Crippen molar-refractivity contribution in [1.82, 2.24) is 9.55 Å². The minimum Gasteiger partial charge on any atom is -0.468 e. The van der Waals surface area contributed by atoms with E-state index in [0.29, 0.717) is 5.82 Å². The molecule has 6 nitrogen and oxygen atoms in total. The van der Waals surface area contributed by atoms with Crippen molar-refractivity contribution in [3.8, 4) is 11.1 Å². The van der Waals surface area contributed by atoms with E-state index < -0.39 is 5.97 Å². The molecule has 2 aromatic heterocycles. The van der Waals surface area contributed by atoms with Crippen LogP contribution in [-0.4, -0.2) is 22.6 Å². The number of nitrogens with zero attached hydrogens (tertiary/aromatic N) is 2. The van der Waals surface area contributed by atoms with E-state index in [9.17, 15) is 9.59 Å². The second-order valence-corrected chi connectivity index (χ2v) is 3.93. The minimum absolute atomic E-state index is 0.102. The van der Waals surface area contributed by atoms with Crippen molar-refractivity contribution in [1.29, 1.82) is 0 Å². The Morgan fingerprint density at radius 1 is 1.37 bits per heavy atom. The van der Waals surface area contributed by atoms with Gasteiger partial charge in [0.25, 0.3) is 5.56 Å². The molecule has 0 atom stereocenters. The number of nitrogen functional groups attached to an aromatic ring is 1. The predicted molar refractivity (Wildman–Crippen MR) is 70.4 cm³/mol. The number of carbonyl (C=O) groups is 1. The molecule has 0 saturated carbocycles. The molecule has 0 unspecified atom stereocenters. The van der Waals surface area contributed by atoms with Crippen LogP contribution in [0.15, 0.2) is 41.5 Å². The number of nitrogens with two attached hydrogens (primary N) is 1. The molecular weight excluding hydrogens is 246 g/mol. The monoisotopic (exact) mass is 259 g/mol. The zero-order chi connectivity index (χ0) is 13.8. The maximum Gasteiger partial charge on any atom is 0.325 e. The van der Waals surface area contributed by atoms with Gasteiger partial charge in [0.1, 0.15) is 12.4 Å². The Labute approximate surface area is 109 Å². The number of pyridine rings is 2. The first kappa shape index (κ1) is 12.8. The molecule has 0 bridgehead atoms. The third-order valence-corrected chi connectivity index (χ3v) is 2.64. The molecule has 2 heterocycles. The first-order valence-corrected chi connectivity index (χ1v) is 5.59. The van der Waals surface area contributed by atoms with Gasteiger partial charge in [-0.3, -0.25) is 9.59 Å². The molecule has 0 spiro atoms. The highest BCUT2D eigenvalue weighted by molar-refractivity contribution is 5.69. The fourth-order valence-corrected chi connectivity index (χ4v) is 1.60. The molecule has 19 heavy (non-hydrogen) atoms. The highest BCUT2D eigenvalue weighted by Crippen LogP contribution is 2.16. The van der Waals surface area contributed by atoms with Crippen molar-refractivity contribution >= 4 is 11.8 Å². The minimum atomic E-state index is -0.469. The topological polar surface area (TPSA) is 87.2 Å². The summed E-state index contributed by atoms with van der Waals surface area (Å²) in [5, 5.41) is 0. The van der Waals surface area contributed by atoms with Crippen molar-refractivity contribution in [3.05, 3.63) is 47.0 Å². The van der Waals surface area contributed by atoms with Crippen molar-refractivity contribution in [3.63, 3.8) is 0 Å². The van der Waals surface area contributed by atoms with E-state index in [0.717, 1.165) is 11.1 Å². The lowest BCUT2D eigenvalue weighted by molar-refractivity contribution is -0.141. The molecule has 2 N–H and O–H groups in total. The molecule has 2 rings (SSSR count). The van der Waals surface area contributed by atoms with E-state index >= 15 is 0 Å². The molecule has 98 valence electrons.